The number of rotatable bonds is 7. The van der Waals surface area contributed by atoms with Crippen LogP contribution in [0.25, 0.3) is 0 Å². The smallest absolute Gasteiger partial charge is 0.331 e. The van der Waals surface area contributed by atoms with E-state index in [1.165, 1.54) is 12.2 Å². The molecule has 0 bridgehead atoms. The zero-order valence-corrected chi connectivity index (χ0v) is 14.1. The van der Waals surface area contributed by atoms with Crippen LogP contribution in [0.4, 0.5) is 5.69 Å². The molecule has 2 amide bonds. The van der Waals surface area contributed by atoms with Crippen LogP contribution in [0, 0.1) is 0 Å². The Morgan fingerprint density at radius 1 is 1.17 bits per heavy atom. The molecule has 0 aliphatic rings. The molecule has 122 valence electrons. The van der Waals surface area contributed by atoms with Gasteiger partial charge in [0, 0.05) is 10.5 Å². The lowest BCUT2D eigenvalue weighted by atomic mass is 10.3. The van der Waals surface area contributed by atoms with E-state index in [9.17, 15) is 14.4 Å². The number of carbonyl (C=O) groups is 3. The minimum Gasteiger partial charge on any atom is -0.452 e. The molecule has 7 heteroatoms. The maximum atomic E-state index is 11.7. The summed E-state index contributed by atoms with van der Waals surface area (Å²) in [6.07, 6.45) is 6.12. The fourth-order valence-corrected chi connectivity index (χ4v) is 1.80. The molecular formula is C16H17BrN2O4. The van der Waals surface area contributed by atoms with Gasteiger partial charge in [-0.25, -0.2) is 4.79 Å². The number of para-hydroxylation sites is 1. The van der Waals surface area contributed by atoms with Crippen LogP contribution < -0.4 is 10.6 Å². The van der Waals surface area contributed by atoms with Crippen LogP contribution in [0.2, 0.25) is 0 Å². The van der Waals surface area contributed by atoms with E-state index < -0.39 is 18.5 Å². The summed E-state index contributed by atoms with van der Waals surface area (Å²) >= 11 is 3.30. The van der Waals surface area contributed by atoms with E-state index in [0.29, 0.717) is 5.69 Å². The van der Waals surface area contributed by atoms with Gasteiger partial charge in [-0.3, -0.25) is 9.59 Å². The number of ether oxygens (including phenoxy) is 1. The van der Waals surface area contributed by atoms with Gasteiger partial charge in [-0.1, -0.05) is 30.4 Å². The first-order valence-corrected chi connectivity index (χ1v) is 7.59. The summed E-state index contributed by atoms with van der Waals surface area (Å²) in [7, 11) is 0. The summed E-state index contributed by atoms with van der Waals surface area (Å²) in [5, 5.41) is 5.00. The summed E-state index contributed by atoms with van der Waals surface area (Å²) in [5.74, 6) is -1.57. The zero-order valence-electron chi connectivity index (χ0n) is 12.5. The van der Waals surface area contributed by atoms with Gasteiger partial charge < -0.3 is 15.4 Å². The summed E-state index contributed by atoms with van der Waals surface area (Å²) < 4.78 is 5.45. The van der Waals surface area contributed by atoms with Gasteiger partial charge in [-0.15, -0.1) is 0 Å². The standard InChI is InChI=1S/C16H17BrN2O4/c1-2-3-4-9-16(22)23-11-15(21)18-10-14(20)19-13-8-6-5-7-12(13)17/h2-9H,10-11H2,1H3,(H,18,21)(H,19,20)/b3-2+,9-4+. The molecule has 0 unspecified atom stereocenters. The lowest BCUT2D eigenvalue weighted by Crippen LogP contribution is -2.35. The number of hydrogen-bond acceptors (Lipinski definition) is 4. The maximum Gasteiger partial charge on any atom is 0.331 e. The molecule has 0 aliphatic heterocycles. The number of anilines is 1. The second kappa shape index (κ2) is 10.3. The molecule has 0 aromatic heterocycles. The highest BCUT2D eigenvalue weighted by molar-refractivity contribution is 9.10. The van der Waals surface area contributed by atoms with Crippen molar-refractivity contribution in [1.82, 2.24) is 5.32 Å². The van der Waals surface area contributed by atoms with E-state index >= 15 is 0 Å². The van der Waals surface area contributed by atoms with Crippen LogP contribution in [0.15, 0.2) is 53.0 Å². The van der Waals surface area contributed by atoms with E-state index in [0.717, 1.165) is 4.47 Å². The largest absolute Gasteiger partial charge is 0.452 e. The number of nitrogens with one attached hydrogen (secondary N) is 2. The Balaban J connectivity index is 2.29. The van der Waals surface area contributed by atoms with Crippen molar-refractivity contribution < 1.29 is 19.1 Å². The van der Waals surface area contributed by atoms with Crippen LogP contribution in [0.5, 0.6) is 0 Å². The Morgan fingerprint density at radius 2 is 1.91 bits per heavy atom. The minimum absolute atomic E-state index is 0.216. The van der Waals surface area contributed by atoms with Crippen LogP contribution in [-0.4, -0.2) is 30.9 Å². The summed E-state index contributed by atoms with van der Waals surface area (Å²) in [6, 6.07) is 7.11. The zero-order chi connectivity index (χ0) is 17.1. The first-order chi connectivity index (χ1) is 11.0. The molecule has 0 saturated heterocycles. The minimum atomic E-state index is -0.629. The van der Waals surface area contributed by atoms with Crippen molar-refractivity contribution in [2.45, 2.75) is 6.92 Å². The number of carbonyl (C=O) groups excluding carboxylic acids is 3. The molecular weight excluding hydrogens is 364 g/mol. The van der Waals surface area contributed by atoms with E-state index in [4.69, 9.17) is 4.74 Å². The SMILES string of the molecule is C/C=C/C=C/C(=O)OCC(=O)NCC(=O)Nc1ccccc1Br. The molecule has 1 aromatic carbocycles. The van der Waals surface area contributed by atoms with Crippen LogP contribution in [-0.2, 0) is 19.1 Å². The van der Waals surface area contributed by atoms with Gasteiger partial charge in [0.15, 0.2) is 6.61 Å². The molecule has 23 heavy (non-hydrogen) atoms. The third-order valence-corrected chi connectivity index (χ3v) is 3.17. The highest BCUT2D eigenvalue weighted by Crippen LogP contribution is 2.20. The molecule has 1 rings (SSSR count). The summed E-state index contributed by atoms with van der Waals surface area (Å²) in [6.45, 7) is 1.15. The molecule has 1 aromatic rings. The topological polar surface area (TPSA) is 84.5 Å². The first kappa shape index (κ1) is 18.6. The highest BCUT2D eigenvalue weighted by Gasteiger charge is 2.08. The molecule has 0 radical (unpaired) electrons. The Kier molecular flexibility index (Phi) is 8.38. The molecule has 0 aliphatic carbocycles. The molecule has 2 N–H and O–H groups in total. The summed E-state index contributed by atoms with van der Waals surface area (Å²) in [5.41, 5.74) is 0.604. The van der Waals surface area contributed by atoms with E-state index in [1.54, 1.807) is 30.4 Å². The predicted octanol–water partition coefficient (Wildman–Crippen LogP) is 2.18. The number of benzene rings is 1. The van der Waals surface area contributed by atoms with Crippen molar-refractivity contribution in [2.75, 3.05) is 18.5 Å². The molecule has 0 spiro atoms. The molecule has 0 fully saturated rings. The number of esters is 1. The van der Waals surface area contributed by atoms with Gasteiger partial charge in [0.1, 0.15) is 0 Å². The molecule has 0 saturated carbocycles. The van der Waals surface area contributed by atoms with Crippen LogP contribution in [0.3, 0.4) is 0 Å². The van der Waals surface area contributed by atoms with Gasteiger partial charge in [-0.2, -0.15) is 0 Å². The number of hydrogen-bond donors (Lipinski definition) is 2. The summed E-state index contributed by atoms with van der Waals surface area (Å²) in [4.78, 5) is 34.4. The predicted molar refractivity (Wildman–Crippen MR) is 90.7 cm³/mol. The number of amides is 2. The average Bonchev–Trinajstić information content (AvgIpc) is 2.53. The second-order valence-corrected chi connectivity index (χ2v) is 5.15. The average molecular weight is 381 g/mol. The lowest BCUT2D eigenvalue weighted by molar-refractivity contribution is -0.143. The fraction of sp³-hybridized carbons (Fsp3) is 0.188. The second-order valence-electron chi connectivity index (χ2n) is 4.30. The Hall–Kier alpha value is -2.41. The van der Waals surface area contributed by atoms with Crippen molar-refractivity contribution in [1.29, 1.82) is 0 Å². The van der Waals surface area contributed by atoms with Crippen molar-refractivity contribution in [3.8, 4) is 0 Å². The number of allylic oxidation sites excluding steroid dienone is 3. The van der Waals surface area contributed by atoms with Crippen LogP contribution in [0.1, 0.15) is 6.92 Å². The van der Waals surface area contributed by atoms with Gasteiger partial charge in [-0.05, 0) is 35.0 Å². The molecule has 6 nitrogen and oxygen atoms in total. The maximum absolute atomic E-state index is 11.7. The van der Waals surface area contributed by atoms with Crippen molar-refractivity contribution in [3.63, 3.8) is 0 Å². The monoisotopic (exact) mass is 380 g/mol. The molecule has 0 heterocycles. The van der Waals surface area contributed by atoms with E-state index in [2.05, 4.69) is 26.6 Å². The van der Waals surface area contributed by atoms with Crippen molar-refractivity contribution >= 4 is 39.4 Å². The third-order valence-electron chi connectivity index (χ3n) is 2.48. The Labute approximate surface area is 142 Å². The Morgan fingerprint density at radius 3 is 2.61 bits per heavy atom. The number of halogens is 1. The molecule has 0 atom stereocenters. The quantitative estimate of drug-likeness (QED) is 0.431. The highest BCUT2D eigenvalue weighted by atomic mass is 79.9. The van der Waals surface area contributed by atoms with Crippen LogP contribution >= 0.6 is 15.9 Å². The van der Waals surface area contributed by atoms with Gasteiger partial charge in [0.05, 0.1) is 12.2 Å². The fourth-order valence-electron chi connectivity index (χ4n) is 1.42. The van der Waals surface area contributed by atoms with Crippen molar-refractivity contribution in [2.24, 2.45) is 0 Å². The van der Waals surface area contributed by atoms with Gasteiger partial charge in [0.2, 0.25) is 5.91 Å². The van der Waals surface area contributed by atoms with Crippen molar-refractivity contribution in [3.05, 3.63) is 53.0 Å². The van der Waals surface area contributed by atoms with Gasteiger partial charge >= 0.3 is 5.97 Å². The van der Waals surface area contributed by atoms with E-state index in [-0.39, 0.29) is 12.5 Å². The first-order valence-electron chi connectivity index (χ1n) is 6.80. The third kappa shape index (κ3) is 7.96. The Bertz CT molecular complexity index is 626. The lowest BCUT2D eigenvalue weighted by Gasteiger charge is -2.08. The van der Waals surface area contributed by atoms with Gasteiger partial charge in [0.25, 0.3) is 5.91 Å². The normalized spacial score (nSPS) is 10.7. The van der Waals surface area contributed by atoms with E-state index in [1.807, 2.05) is 13.0 Å².